The number of hydrogen-bond donors (Lipinski definition) is 2. The zero-order chi connectivity index (χ0) is 21.8. The first-order chi connectivity index (χ1) is 13.5. The second-order valence-corrected chi connectivity index (χ2v) is 9.17. The Morgan fingerprint density at radius 2 is 1.97 bits per heavy atom. The van der Waals surface area contributed by atoms with E-state index in [2.05, 4.69) is 15.0 Å². The number of carbonyl (C=O) groups excluding carboxylic acids is 1. The molecule has 12 heteroatoms. The Balaban J connectivity index is 1.98. The van der Waals surface area contributed by atoms with Crippen LogP contribution >= 0.6 is 23.4 Å². The number of sulfonamides is 1. The predicted octanol–water partition coefficient (Wildman–Crippen LogP) is 3.49. The molecule has 0 atom stereocenters. The van der Waals surface area contributed by atoms with Gasteiger partial charge in [-0.25, -0.2) is 18.1 Å². The summed E-state index contributed by atoms with van der Waals surface area (Å²) < 4.78 is 63.8. The van der Waals surface area contributed by atoms with Crippen molar-refractivity contribution in [3.05, 3.63) is 52.2 Å². The van der Waals surface area contributed by atoms with E-state index in [1.54, 1.807) is 6.92 Å². The Bertz CT molecular complexity index is 1010. The topological polar surface area (TPSA) is 88.2 Å². The normalized spacial score (nSPS) is 12.1. The third-order valence-electron chi connectivity index (χ3n) is 3.79. The van der Waals surface area contributed by atoms with Gasteiger partial charge in [0.15, 0.2) is 0 Å². The summed E-state index contributed by atoms with van der Waals surface area (Å²) in [5, 5.41) is 2.72. The van der Waals surface area contributed by atoms with Gasteiger partial charge in [0.1, 0.15) is 5.03 Å². The van der Waals surface area contributed by atoms with Crippen molar-refractivity contribution in [1.82, 2.24) is 15.0 Å². The van der Waals surface area contributed by atoms with Crippen LogP contribution in [0.25, 0.3) is 0 Å². The summed E-state index contributed by atoms with van der Waals surface area (Å²) in [6.45, 7) is 1.84. The average Bonchev–Trinajstić information content (AvgIpc) is 2.65. The van der Waals surface area contributed by atoms with E-state index in [9.17, 15) is 26.4 Å². The molecule has 2 aromatic rings. The summed E-state index contributed by atoms with van der Waals surface area (Å²) >= 11 is 6.92. The van der Waals surface area contributed by atoms with Crippen molar-refractivity contribution in [3.63, 3.8) is 0 Å². The molecule has 1 aromatic heterocycles. The highest BCUT2D eigenvalue weighted by Gasteiger charge is 2.31. The first-order valence-electron chi connectivity index (χ1n) is 8.13. The van der Waals surface area contributed by atoms with Gasteiger partial charge in [-0.15, -0.1) is 11.8 Å². The molecule has 0 fully saturated rings. The van der Waals surface area contributed by atoms with Crippen LogP contribution in [-0.4, -0.2) is 38.7 Å². The lowest BCUT2D eigenvalue weighted by molar-refractivity contribution is -0.137. The Labute approximate surface area is 175 Å². The minimum atomic E-state index is -4.53. The number of pyridine rings is 1. The number of rotatable bonds is 7. The highest BCUT2D eigenvalue weighted by atomic mass is 35.5. The molecule has 6 nitrogen and oxygen atoms in total. The molecule has 0 bridgehead atoms. The lowest BCUT2D eigenvalue weighted by Gasteiger charge is -2.11. The molecular formula is C17H17ClF3N3O3S2. The zero-order valence-electron chi connectivity index (χ0n) is 15.3. The molecule has 2 rings (SSSR count). The number of nitrogens with one attached hydrogen (secondary N) is 2. The first-order valence-corrected chi connectivity index (χ1v) is 11.0. The van der Waals surface area contributed by atoms with E-state index in [1.165, 1.54) is 25.2 Å². The Hall–Kier alpha value is -1.82. The molecule has 0 aliphatic heterocycles. The highest BCUT2D eigenvalue weighted by Crippen LogP contribution is 2.33. The van der Waals surface area contributed by atoms with Crippen LogP contribution in [0.5, 0.6) is 0 Å². The number of hydrogen-bond acceptors (Lipinski definition) is 5. The predicted molar refractivity (Wildman–Crippen MR) is 105 cm³/mol. The summed E-state index contributed by atoms with van der Waals surface area (Å²) in [5.41, 5.74) is -0.137. The van der Waals surface area contributed by atoms with Crippen LogP contribution in [-0.2, 0) is 16.2 Å². The third kappa shape index (κ3) is 6.08. The van der Waals surface area contributed by atoms with Gasteiger partial charge in [-0.2, -0.15) is 13.2 Å². The van der Waals surface area contributed by atoms with Crippen LogP contribution in [0.2, 0.25) is 5.02 Å². The summed E-state index contributed by atoms with van der Waals surface area (Å²) in [5.74, 6) is -0.167. The van der Waals surface area contributed by atoms with Crippen LogP contribution in [0.15, 0.2) is 40.4 Å². The van der Waals surface area contributed by atoms with Crippen molar-refractivity contribution >= 4 is 39.3 Å². The summed E-state index contributed by atoms with van der Waals surface area (Å²) in [7, 11) is -2.42. The van der Waals surface area contributed by atoms with Crippen molar-refractivity contribution < 1.29 is 26.4 Å². The number of halogens is 4. The summed E-state index contributed by atoms with van der Waals surface area (Å²) in [4.78, 5) is 16.0. The summed E-state index contributed by atoms with van der Waals surface area (Å²) in [6.07, 6.45) is -3.83. The molecule has 1 amide bonds. The lowest BCUT2D eigenvalue weighted by atomic mass is 10.1. The Morgan fingerprint density at radius 3 is 2.55 bits per heavy atom. The van der Waals surface area contributed by atoms with Crippen molar-refractivity contribution in [2.75, 3.05) is 19.3 Å². The van der Waals surface area contributed by atoms with E-state index in [1.807, 2.05) is 0 Å². The molecule has 0 unspecified atom stereocenters. The van der Waals surface area contributed by atoms with Gasteiger partial charge in [0.25, 0.3) is 5.91 Å². The number of aromatic nitrogens is 1. The molecule has 0 aliphatic carbocycles. The molecule has 0 saturated carbocycles. The molecular weight excluding hydrogens is 451 g/mol. The molecule has 0 spiro atoms. The number of alkyl halides is 3. The van der Waals surface area contributed by atoms with Gasteiger partial charge in [-0.1, -0.05) is 17.7 Å². The van der Waals surface area contributed by atoms with E-state index in [4.69, 9.17) is 11.6 Å². The molecule has 1 aromatic carbocycles. The second kappa shape index (κ2) is 9.33. The van der Waals surface area contributed by atoms with Gasteiger partial charge < -0.3 is 5.32 Å². The molecule has 1 heterocycles. The number of aryl methyl sites for hydroxylation is 1. The smallest absolute Gasteiger partial charge is 0.351 e. The van der Waals surface area contributed by atoms with E-state index in [-0.39, 0.29) is 27.1 Å². The van der Waals surface area contributed by atoms with Crippen molar-refractivity contribution in [2.45, 2.75) is 23.0 Å². The summed E-state index contributed by atoms with van der Waals surface area (Å²) in [6, 6.07) is 5.00. The number of benzene rings is 1. The number of amides is 1. The first kappa shape index (κ1) is 23.5. The van der Waals surface area contributed by atoms with E-state index in [0.717, 1.165) is 17.8 Å². The van der Waals surface area contributed by atoms with E-state index < -0.39 is 27.7 Å². The van der Waals surface area contributed by atoms with Crippen LogP contribution in [0.4, 0.5) is 13.2 Å². The highest BCUT2D eigenvalue weighted by molar-refractivity contribution is 7.99. The quantitative estimate of drug-likeness (QED) is 0.480. The average molecular weight is 468 g/mol. The molecule has 158 valence electrons. The Kier molecular flexibility index (Phi) is 7.55. The van der Waals surface area contributed by atoms with Gasteiger partial charge in [-0.05, 0) is 37.7 Å². The standard InChI is InChI=1S/C17H17ClF3N3O3S2/c1-10-3-4-12(29(26,27)22-2)8-13(10)15(25)23-5-6-28-16-14(18)7-11(9-24-16)17(19,20)21/h3-4,7-9,22H,5-6H2,1-2H3,(H,23,25). The van der Waals surface area contributed by atoms with E-state index in [0.29, 0.717) is 17.5 Å². The van der Waals surface area contributed by atoms with Crippen molar-refractivity contribution in [3.8, 4) is 0 Å². The zero-order valence-corrected chi connectivity index (χ0v) is 17.7. The van der Waals surface area contributed by atoms with Gasteiger partial charge in [0, 0.05) is 24.1 Å². The third-order valence-corrected chi connectivity index (χ3v) is 6.61. The van der Waals surface area contributed by atoms with E-state index >= 15 is 0 Å². The van der Waals surface area contributed by atoms with Gasteiger partial charge in [0.05, 0.1) is 15.5 Å². The maximum Gasteiger partial charge on any atom is 0.417 e. The monoisotopic (exact) mass is 467 g/mol. The van der Waals surface area contributed by atoms with Crippen LogP contribution in [0, 0.1) is 6.92 Å². The van der Waals surface area contributed by atoms with Crippen LogP contribution < -0.4 is 10.0 Å². The SMILES string of the molecule is CNS(=O)(=O)c1ccc(C)c(C(=O)NCCSc2ncc(C(F)(F)F)cc2Cl)c1. The maximum atomic E-state index is 12.6. The van der Waals surface area contributed by atoms with Crippen LogP contribution in [0.3, 0.4) is 0 Å². The molecule has 2 N–H and O–H groups in total. The fraction of sp³-hybridized carbons (Fsp3) is 0.294. The largest absolute Gasteiger partial charge is 0.417 e. The molecule has 0 saturated heterocycles. The second-order valence-electron chi connectivity index (χ2n) is 5.80. The molecule has 29 heavy (non-hydrogen) atoms. The van der Waals surface area contributed by atoms with Crippen LogP contribution in [0.1, 0.15) is 21.5 Å². The lowest BCUT2D eigenvalue weighted by Crippen LogP contribution is -2.27. The minimum absolute atomic E-state index is 0.0362. The van der Waals surface area contributed by atoms with Gasteiger partial charge >= 0.3 is 6.18 Å². The number of thioether (sulfide) groups is 1. The minimum Gasteiger partial charge on any atom is -0.351 e. The van der Waals surface area contributed by atoms with Gasteiger partial charge in [0.2, 0.25) is 10.0 Å². The Morgan fingerprint density at radius 1 is 1.28 bits per heavy atom. The fourth-order valence-corrected chi connectivity index (χ4v) is 4.03. The molecule has 0 aliphatic rings. The molecule has 0 radical (unpaired) electrons. The van der Waals surface area contributed by atoms with Crippen molar-refractivity contribution in [2.24, 2.45) is 0 Å². The fourth-order valence-electron chi connectivity index (χ4n) is 2.22. The number of nitrogens with zero attached hydrogens (tertiary/aromatic N) is 1. The maximum absolute atomic E-state index is 12.6. The van der Waals surface area contributed by atoms with Gasteiger partial charge in [-0.3, -0.25) is 4.79 Å². The van der Waals surface area contributed by atoms with Crippen molar-refractivity contribution in [1.29, 1.82) is 0 Å². The number of carbonyl (C=O) groups is 1.